The van der Waals surface area contributed by atoms with Crippen molar-refractivity contribution in [1.82, 2.24) is 9.55 Å². The van der Waals surface area contributed by atoms with Crippen LogP contribution in [0, 0.1) is 5.82 Å². The lowest BCUT2D eigenvalue weighted by Crippen LogP contribution is -2.24. The summed E-state index contributed by atoms with van der Waals surface area (Å²) in [6.07, 6.45) is -4.70. The van der Waals surface area contributed by atoms with Gasteiger partial charge in [-0.15, -0.1) is 0 Å². The zero-order valence-corrected chi connectivity index (χ0v) is 16.6. The van der Waals surface area contributed by atoms with Crippen LogP contribution in [0.5, 0.6) is 0 Å². The first kappa shape index (κ1) is 20.1. The summed E-state index contributed by atoms with van der Waals surface area (Å²) in [7, 11) is 0. The normalized spacial score (nSPS) is 11.8. The van der Waals surface area contributed by atoms with Gasteiger partial charge in [-0.1, -0.05) is 28.1 Å². The van der Waals surface area contributed by atoms with Gasteiger partial charge in [0.05, 0.1) is 16.9 Å². The van der Waals surface area contributed by atoms with Gasteiger partial charge in [0.25, 0.3) is 5.56 Å². The zero-order valence-electron chi connectivity index (χ0n) is 15.0. The van der Waals surface area contributed by atoms with Gasteiger partial charge in [0.1, 0.15) is 17.2 Å². The first-order valence-electron chi connectivity index (χ1n) is 8.61. The van der Waals surface area contributed by atoms with Crippen molar-refractivity contribution < 1.29 is 17.6 Å². The molecule has 0 radical (unpaired) electrons. The lowest BCUT2D eigenvalue weighted by molar-refractivity contribution is -0.141. The molecule has 0 amide bonds. The Labute approximate surface area is 175 Å². The maximum absolute atomic E-state index is 13.4. The van der Waals surface area contributed by atoms with Gasteiger partial charge in [-0.25, -0.2) is 9.37 Å². The molecule has 0 unspecified atom stereocenters. The number of nitrogens with two attached hydrogens (primary N) is 1. The number of pyridine rings is 2. The van der Waals surface area contributed by atoms with E-state index in [0.717, 1.165) is 15.1 Å². The third-order valence-corrected chi connectivity index (χ3v) is 5.10. The highest BCUT2D eigenvalue weighted by atomic mass is 79.9. The van der Waals surface area contributed by atoms with Gasteiger partial charge in [-0.3, -0.25) is 9.36 Å². The van der Waals surface area contributed by atoms with Crippen molar-refractivity contribution in [2.24, 2.45) is 0 Å². The quantitative estimate of drug-likeness (QED) is 0.384. The topological polar surface area (TPSA) is 60.9 Å². The minimum absolute atomic E-state index is 0.0313. The predicted molar refractivity (Wildman–Crippen MR) is 110 cm³/mol. The van der Waals surface area contributed by atoms with Gasteiger partial charge in [-0.05, 0) is 54.1 Å². The van der Waals surface area contributed by atoms with E-state index in [-0.39, 0.29) is 22.3 Å². The largest absolute Gasteiger partial charge is 0.433 e. The molecule has 2 aromatic carbocycles. The van der Waals surface area contributed by atoms with Gasteiger partial charge in [0.2, 0.25) is 0 Å². The summed E-state index contributed by atoms with van der Waals surface area (Å²) in [5.41, 5.74) is 4.82. The molecule has 0 saturated carbocycles. The van der Waals surface area contributed by atoms with Gasteiger partial charge in [-0.2, -0.15) is 13.2 Å². The van der Waals surface area contributed by atoms with Crippen LogP contribution >= 0.6 is 15.9 Å². The number of benzene rings is 2. The molecular weight excluding hydrogens is 466 g/mol. The van der Waals surface area contributed by atoms with Crippen LogP contribution in [0.25, 0.3) is 27.8 Å². The SMILES string of the molecule is Nc1c(-c2ccc(F)cc2)c(=O)n(-c2ccc(Br)cc2)c2nc(C(F)(F)F)ccc12. The second-order valence-corrected chi connectivity index (χ2v) is 7.39. The van der Waals surface area contributed by atoms with E-state index in [1.807, 2.05) is 0 Å². The summed E-state index contributed by atoms with van der Waals surface area (Å²) in [5.74, 6) is -0.497. The number of fused-ring (bicyclic) bond motifs is 1. The van der Waals surface area contributed by atoms with Crippen molar-refractivity contribution >= 4 is 32.7 Å². The van der Waals surface area contributed by atoms with Crippen LogP contribution in [0.1, 0.15) is 5.69 Å². The minimum Gasteiger partial charge on any atom is -0.397 e. The molecule has 152 valence electrons. The third-order valence-electron chi connectivity index (χ3n) is 4.57. The molecular formula is C21H12BrF4N3O. The van der Waals surface area contributed by atoms with Crippen molar-refractivity contribution in [2.75, 3.05) is 5.73 Å². The Morgan fingerprint density at radius 1 is 0.933 bits per heavy atom. The van der Waals surface area contributed by atoms with Gasteiger partial charge >= 0.3 is 6.18 Å². The van der Waals surface area contributed by atoms with E-state index >= 15 is 0 Å². The molecule has 0 aliphatic rings. The van der Waals surface area contributed by atoms with E-state index in [1.165, 1.54) is 30.3 Å². The average molecular weight is 478 g/mol. The van der Waals surface area contributed by atoms with Gasteiger partial charge < -0.3 is 5.73 Å². The van der Waals surface area contributed by atoms with E-state index < -0.39 is 23.2 Å². The molecule has 2 heterocycles. The number of hydrogen-bond donors (Lipinski definition) is 1. The van der Waals surface area contributed by atoms with Crippen molar-refractivity contribution in [3.63, 3.8) is 0 Å². The molecule has 0 aliphatic heterocycles. The Balaban J connectivity index is 2.14. The van der Waals surface area contributed by atoms with Crippen LogP contribution in [0.3, 0.4) is 0 Å². The van der Waals surface area contributed by atoms with Crippen molar-refractivity contribution in [3.8, 4) is 16.8 Å². The molecule has 30 heavy (non-hydrogen) atoms. The monoisotopic (exact) mass is 477 g/mol. The highest BCUT2D eigenvalue weighted by Gasteiger charge is 2.33. The Morgan fingerprint density at radius 2 is 1.57 bits per heavy atom. The molecule has 9 heteroatoms. The molecule has 4 nitrogen and oxygen atoms in total. The molecule has 0 aliphatic carbocycles. The predicted octanol–water partition coefficient (Wildman–Crippen LogP) is 5.56. The minimum atomic E-state index is -4.70. The lowest BCUT2D eigenvalue weighted by atomic mass is 10.0. The molecule has 0 saturated heterocycles. The number of nitrogen functional groups attached to an aromatic ring is 1. The second kappa shape index (κ2) is 7.24. The summed E-state index contributed by atoms with van der Waals surface area (Å²) < 4.78 is 54.9. The van der Waals surface area contributed by atoms with Crippen LogP contribution in [0.2, 0.25) is 0 Å². The molecule has 4 aromatic rings. The Kier molecular flexibility index (Phi) is 4.85. The number of nitrogens with zero attached hydrogens (tertiary/aromatic N) is 2. The van der Waals surface area contributed by atoms with E-state index in [1.54, 1.807) is 24.3 Å². The number of rotatable bonds is 2. The molecule has 0 fully saturated rings. The summed E-state index contributed by atoms with van der Waals surface area (Å²) in [5, 5.41) is 0.171. The van der Waals surface area contributed by atoms with Gasteiger partial charge in [0, 0.05) is 9.86 Å². The van der Waals surface area contributed by atoms with E-state index in [2.05, 4.69) is 20.9 Å². The van der Waals surface area contributed by atoms with Gasteiger partial charge in [0.15, 0.2) is 0 Å². The number of anilines is 1. The van der Waals surface area contributed by atoms with Crippen LogP contribution in [0.4, 0.5) is 23.2 Å². The fourth-order valence-electron chi connectivity index (χ4n) is 3.17. The third kappa shape index (κ3) is 3.45. The zero-order chi connectivity index (χ0) is 21.6. The van der Waals surface area contributed by atoms with Crippen LogP contribution in [-0.2, 0) is 6.18 Å². The standard InChI is InChI=1S/C21H12BrF4N3O/c22-12-3-7-14(8-4-12)29-19-15(9-10-16(28-19)21(24,25)26)18(27)17(20(29)30)11-1-5-13(23)6-2-11/h1-10H,27H2. The fourth-order valence-corrected chi connectivity index (χ4v) is 3.43. The fraction of sp³-hybridized carbons (Fsp3) is 0.0476. The first-order valence-corrected chi connectivity index (χ1v) is 9.40. The molecule has 2 aromatic heterocycles. The van der Waals surface area contributed by atoms with Crippen molar-refractivity contribution in [2.45, 2.75) is 6.18 Å². The van der Waals surface area contributed by atoms with Crippen LogP contribution in [0.15, 0.2) is 69.9 Å². The molecule has 0 spiro atoms. The maximum Gasteiger partial charge on any atom is 0.433 e. The Hall–Kier alpha value is -3.20. The molecule has 4 rings (SSSR count). The lowest BCUT2D eigenvalue weighted by Gasteiger charge is -2.17. The highest BCUT2D eigenvalue weighted by molar-refractivity contribution is 9.10. The van der Waals surface area contributed by atoms with Crippen molar-refractivity contribution in [3.05, 3.63) is 87.0 Å². The summed E-state index contributed by atoms with van der Waals surface area (Å²) >= 11 is 3.29. The smallest absolute Gasteiger partial charge is 0.397 e. The van der Waals surface area contributed by atoms with Crippen LogP contribution in [-0.4, -0.2) is 9.55 Å². The van der Waals surface area contributed by atoms with E-state index in [0.29, 0.717) is 11.3 Å². The summed E-state index contributed by atoms with van der Waals surface area (Å²) in [4.78, 5) is 17.1. The summed E-state index contributed by atoms with van der Waals surface area (Å²) in [6.45, 7) is 0. The Morgan fingerprint density at radius 3 is 2.17 bits per heavy atom. The second-order valence-electron chi connectivity index (χ2n) is 6.48. The van der Waals surface area contributed by atoms with E-state index in [9.17, 15) is 22.4 Å². The molecule has 0 bridgehead atoms. The number of aromatic nitrogens is 2. The average Bonchev–Trinajstić information content (AvgIpc) is 2.70. The maximum atomic E-state index is 13.4. The molecule has 2 N–H and O–H groups in total. The first-order chi connectivity index (χ1) is 14.2. The molecule has 0 atom stereocenters. The number of alkyl halides is 3. The highest BCUT2D eigenvalue weighted by Crippen LogP contribution is 2.34. The number of hydrogen-bond acceptors (Lipinski definition) is 3. The Bertz CT molecular complexity index is 1310. The van der Waals surface area contributed by atoms with Crippen molar-refractivity contribution in [1.29, 1.82) is 0 Å². The summed E-state index contributed by atoms with van der Waals surface area (Å²) in [6, 6.07) is 13.5. The number of halogens is 5. The van der Waals surface area contributed by atoms with Crippen LogP contribution < -0.4 is 11.3 Å². The van der Waals surface area contributed by atoms with E-state index in [4.69, 9.17) is 5.73 Å².